The molecular formula is C14H15NO3. The summed E-state index contributed by atoms with van der Waals surface area (Å²) in [5.41, 5.74) is 1.43. The number of aliphatic carboxylic acids is 1. The lowest BCUT2D eigenvalue weighted by atomic mass is 10.1. The number of hydrogen-bond acceptors (Lipinski definition) is 2. The van der Waals surface area contributed by atoms with Gasteiger partial charge in [0.15, 0.2) is 0 Å². The Kier molecular flexibility index (Phi) is 3.77. The number of amides is 1. The predicted octanol–water partition coefficient (Wildman–Crippen LogP) is 2.02. The van der Waals surface area contributed by atoms with Gasteiger partial charge in [-0.15, -0.1) is 0 Å². The molecule has 0 bridgehead atoms. The smallest absolute Gasteiger partial charge is 0.328 e. The molecule has 1 aliphatic rings. The van der Waals surface area contributed by atoms with E-state index in [4.69, 9.17) is 5.11 Å². The van der Waals surface area contributed by atoms with E-state index in [-0.39, 0.29) is 5.91 Å². The van der Waals surface area contributed by atoms with E-state index in [1.807, 2.05) is 4.90 Å². The standard InChI is InChI=1S/C14H15NO3/c16-13(17)8-5-11-3-6-12(7-4-11)14(18)15-9-1-2-10-15/h3-8H,1-2,9-10H2,(H,16,17). The van der Waals surface area contributed by atoms with E-state index in [0.717, 1.165) is 37.6 Å². The summed E-state index contributed by atoms with van der Waals surface area (Å²) in [6.07, 6.45) is 4.74. The van der Waals surface area contributed by atoms with Crippen LogP contribution >= 0.6 is 0 Å². The Morgan fingerprint density at radius 1 is 1.11 bits per heavy atom. The number of rotatable bonds is 3. The van der Waals surface area contributed by atoms with Gasteiger partial charge in [-0.3, -0.25) is 4.79 Å². The van der Waals surface area contributed by atoms with Gasteiger partial charge in [-0.05, 0) is 36.6 Å². The molecule has 0 saturated carbocycles. The maximum Gasteiger partial charge on any atom is 0.328 e. The van der Waals surface area contributed by atoms with E-state index in [0.29, 0.717) is 5.56 Å². The molecule has 1 aromatic rings. The molecule has 2 rings (SSSR count). The van der Waals surface area contributed by atoms with E-state index in [9.17, 15) is 9.59 Å². The molecule has 4 heteroatoms. The third kappa shape index (κ3) is 2.97. The average Bonchev–Trinajstić information content (AvgIpc) is 2.90. The Bertz CT molecular complexity index is 470. The molecule has 94 valence electrons. The van der Waals surface area contributed by atoms with Gasteiger partial charge in [-0.2, -0.15) is 0 Å². The third-order valence-corrected chi connectivity index (χ3v) is 2.97. The lowest BCUT2D eigenvalue weighted by Gasteiger charge is -2.15. The van der Waals surface area contributed by atoms with E-state index in [2.05, 4.69) is 0 Å². The number of carboxylic acids is 1. The lowest BCUT2D eigenvalue weighted by molar-refractivity contribution is -0.131. The van der Waals surface area contributed by atoms with Gasteiger partial charge in [0.2, 0.25) is 0 Å². The summed E-state index contributed by atoms with van der Waals surface area (Å²) in [6.45, 7) is 1.67. The summed E-state index contributed by atoms with van der Waals surface area (Å²) in [4.78, 5) is 24.3. The second-order valence-corrected chi connectivity index (χ2v) is 4.29. The summed E-state index contributed by atoms with van der Waals surface area (Å²) in [7, 11) is 0. The van der Waals surface area contributed by atoms with Crippen LogP contribution in [-0.4, -0.2) is 35.0 Å². The summed E-state index contributed by atoms with van der Waals surface area (Å²) in [5.74, 6) is -0.923. The minimum Gasteiger partial charge on any atom is -0.478 e. The molecule has 1 saturated heterocycles. The van der Waals surface area contributed by atoms with Crippen molar-refractivity contribution in [2.24, 2.45) is 0 Å². The summed E-state index contributed by atoms with van der Waals surface area (Å²) >= 11 is 0. The first kappa shape index (κ1) is 12.4. The number of benzene rings is 1. The lowest BCUT2D eigenvalue weighted by Crippen LogP contribution is -2.27. The molecule has 0 aromatic heterocycles. The molecular weight excluding hydrogens is 230 g/mol. The predicted molar refractivity (Wildman–Crippen MR) is 68.2 cm³/mol. The maximum atomic E-state index is 12.0. The fraction of sp³-hybridized carbons (Fsp3) is 0.286. The van der Waals surface area contributed by atoms with Crippen molar-refractivity contribution in [3.63, 3.8) is 0 Å². The monoisotopic (exact) mass is 245 g/mol. The number of likely N-dealkylation sites (tertiary alicyclic amines) is 1. The van der Waals surface area contributed by atoms with Gasteiger partial charge in [0.1, 0.15) is 0 Å². The molecule has 1 aliphatic heterocycles. The van der Waals surface area contributed by atoms with Crippen molar-refractivity contribution >= 4 is 18.0 Å². The van der Waals surface area contributed by atoms with Crippen LogP contribution in [0.15, 0.2) is 30.3 Å². The average molecular weight is 245 g/mol. The van der Waals surface area contributed by atoms with Crippen LogP contribution in [0.5, 0.6) is 0 Å². The molecule has 1 amide bonds. The quantitative estimate of drug-likeness (QED) is 0.829. The molecule has 1 heterocycles. The molecule has 0 unspecified atom stereocenters. The van der Waals surface area contributed by atoms with E-state index < -0.39 is 5.97 Å². The van der Waals surface area contributed by atoms with Crippen molar-refractivity contribution in [3.8, 4) is 0 Å². The highest BCUT2D eigenvalue weighted by molar-refractivity contribution is 5.94. The first-order valence-corrected chi connectivity index (χ1v) is 5.97. The van der Waals surface area contributed by atoms with Crippen molar-refractivity contribution in [1.29, 1.82) is 0 Å². The normalized spacial score (nSPS) is 15.2. The summed E-state index contributed by atoms with van der Waals surface area (Å²) in [5, 5.41) is 8.51. The van der Waals surface area contributed by atoms with Crippen LogP contribution in [0, 0.1) is 0 Å². The Hall–Kier alpha value is -2.10. The summed E-state index contributed by atoms with van der Waals surface area (Å²) < 4.78 is 0. The van der Waals surface area contributed by atoms with Gasteiger partial charge in [-0.25, -0.2) is 4.79 Å². The Morgan fingerprint density at radius 3 is 2.28 bits per heavy atom. The first-order chi connectivity index (χ1) is 8.66. The fourth-order valence-corrected chi connectivity index (χ4v) is 2.01. The van der Waals surface area contributed by atoms with Crippen molar-refractivity contribution < 1.29 is 14.7 Å². The number of carbonyl (C=O) groups excluding carboxylic acids is 1. The van der Waals surface area contributed by atoms with Crippen LogP contribution in [0.2, 0.25) is 0 Å². The van der Waals surface area contributed by atoms with Gasteiger partial charge in [0, 0.05) is 24.7 Å². The van der Waals surface area contributed by atoms with Crippen LogP contribution in [0.25, 0.3) is 6.08 Å². The van der Waals surface area contributed by atoms with Crippen molar-refractivity contribution in [2.75, 3.05) is 13.1 Å². The molecule has 0 atom stereocenters. The highest BCUT2D eigenvalue weighted by Crippen LogP contribution is 2.14. The van der Waals surface area contributed by atoms with Gasteiger partial charge < -0.3 is 10.0 Å². The zero-order valence-electron chi connectivity index (χ0n) is 10.0. The topological polar surface area (TPSA) is 57.6 Å². The molecule has 0 aliphatic carbocycles. The highest BCUT2D eigenvalue weighted by atomic mass is 16.4. The van der Waals surface area contributed by atoms with Gasteiger partial charge >= 0.3 is 5.97 Å². The number of nitrogens with zero attached hydrogens (tertiary/aromatic N) is 1. The van der Waals surface area contributed by atoms with Crippen molar-refractivity contribution in [1.82, 2.24) is 4.90 Å². The Labute approximate surface area is 106 Å². The largest absolute Gasteiger partial charge is 0.478 e. The minimum absolute atomic E-state index is 0.0567. The van der Waals surface area contributed by atoms with Gasteiger partial charge in [-0.1, -0.05) is 12.1 Å². The third-order valence-electron chi connectivity index (χ3n) is 2.97. The maximum absolute atomic E-state index is 12.0. The molecule has 0 spiro atoms. The summed E-state index contributed by atoms with van der Waals surface area (Å²) in [6, 6.07) is 6.98. The molecule has 18 heavy (non-hydrogen) atoms. The van der Waals surface area contributed by atoms with Crippen molar-refractivity contribution in [3.05, 3.63) is 41.5 Å². The first-order valence-electron chi connectivity index (χ1n) is 5.97. The fourth-order valence-electron chi connectivity index (χ4n) is 2.01. The molecule has 1 aromatic carbocycles. The van der Waals surface area contributed by atoms with Crippen LogP contribution in [0.1, 0.15) is 28.8 Å². The van der Waals surface area contributed by atoms with Gasteiger partial charge in [0.25, 0.3) is 5.91 Å². The van der Waals surface area contributed by atoms with Crippen LogP contribution < -0.4 is 0 Å². The molecule has 0 radical (unpaired) electrons. The van der Waals surface area contributed by atoms with Crippen LogP contribution in [-0.2, 0) is 4.79 Å². The Morgan fingerprint density at radius 2 is 1.72 bits per heavy atom. The number of carbonyl (C=O) groups is 2. The Balaban J connectivity index is 2.07. The van der Waals surface area contributed by atoms with E-state index in [1.54, 1.807) is 24.3 Å². The highest BCUT2D eigenvalue weighted by Gasteiger charge is 2.18. The number of hydrogen-bond donors (Lipinski definition) is 1. The molecule has 4 nitrogen and oxygen atoms in total. The van der Waals surface area contributed by atoms with Crippen LogP contribution in [0.4, 0.5) is 0 Å². The zero-order valence-corrected chi connectivity index (χ0v) is 10.0. The second-order valence-electron chi connectivity index (χ2n) is 4.29. The molecule has 1 fully saturated rings. The van der Waals surface area contributed by atoms with Gasteiger partial charge in [0.05, 0.1) is 0 Å². The van der Waals surface area contributed by atoms with E-state index in [1.165, 1.54) is 6.08 Å². The zero-order chi connectivity index (χ0) is 13.0. The number of carboxylic acid groups (broad SMARTS) is 1. The minimum atomic E-state index is -0.979. The van der Waals surface area contributed by atoms with Crippen LogP contribution in [0.3, 0.4) is 0 Å². The van der Waals surface area contributed by atoms with Crippen molar-refractivity contribution in [2.45, 2.75) is 12.8 Å². The SMILES string of the molecule is O=C(O)C=Cc1ccc(C(=O)N2CCCC2)cc1. The second kappa shape index (κ2) is 5.49. The molecule has 1 N–H and O–H groups in total. The van der Waals surface area contributed by atoms with E-state index >= 15 is 0 Å².